The molecule has 0 unspecified atom stereocenters. The molecule has 0 saturated carbocycles. The van der Waals surface area contributed by atoms with Crippen molar-refractivity contribution in [1.29, 1.82) is 0 Å². The van der Waals surface area contributed by atoms with Crippen LogP contribution in [0.2, 0.25) is 0 Å². The molecule has 0 radical (unpaired) electrons. The Morgan fingerprint density at radius 3 is 1.88 bits per heavy atom. The molecular weight excluding hydrogens is 334 g/mol. The Morgan fingerprint density at radius 2 is 1.36 bits per heavy atom. The summed E-state index contributed by atoms with van der Waals surface area (Å²) in [5.74, 6) is -2.13. The number of carboxylic acid groups (broad SMARTS) is 1. The number of aromatic carboxylic acids is 1. The molecule has 0 aliphatic heterocycles. The van der Waals surface area contributed by atoms with Crippen molar-refractivity contribution in [3.63, 3.8) is 0 Å². The molecule has 0 fully saturated rings. The Bertz CT molecular complexity index is 704. The zero-order valence-corrected chi connectivity index (χ0v) is 13.5. The van der Waals surface area contributed by atoms with Gasteiger partial charge in [0.1, 0.15) is 11.6 Å². The van der Waals surface area contributed by atoms with E-state index in [0.717, 1.165) is 0 Å². The second-order valence-corrected chi connectivity index (χ2v) is 5.05. The van der Waals surface area contributed by atoms with Gasteiger partial charge in [0, 0.05) is 18.8 Å². The van der Waals surface area contributed by atoms with Crippen LogP contribution in [0.25, 0.3) is 0 Å². The minimum atomic E-state index is -1.18. The highest BCUT2D eigenvalue weighted by molar-refractivity contribution is 5.89. The molecule has 2 rings (SSSR count). The van der Waals surface area contributed by atoms with Crippen LogP contribution in [0.5, 0.6) is 0 Å². The van der Waals surface area contributed by atoms with Crippen LogP contribution in [0.15, 0.2) is 36.4 Å². The molecule has 2 aromatic carbocycles. The molecule has 2 aromatic rings. The van der Waals surface area contributed by atoms with Gasteiger partial charge in [-0.3, -0.25) is 0 Å². The maximum atomic E-state index is 13.0. The summed E-state index contributed by atoms with van der Waals surface area (Å²) in [4.78, 5) is 10.6. The van der Waals surface area contributed by atoms with E-state index in [1.165, 1.54) is 24.3 Å². The second-order valence-electron chi connectivity index (χ2n) is 5.05. The highest BCUT2D eigenvalue weighted by Gasteiger charge is 2.12. The van der Waals surface area contributed by atoms with Crippen molar-refractivity contribution in [3.05, 3.63) is 70.3 Å². The first kappa shape index (κ1) is 20.7. The Balaban J connectivity index is 0.000000251. The maximum absolute atomic E-state index is 13.0. The SMILES string of the molecule is O=C(O)c1cccc(F)c1CCO.OCCc1c(F)cccc1CO. The zero-order chi connectivity index (χ0) is 18.8. The van der Waals surface area contributed by atoms with Crippen LogP contribution in [-0.4, -0.2) is 39.6 Å². The Kier molecular flexibility index (Phi) is 8.69. The van der Waals surface area contributed by atoms with E-state index in [4.69, 9.17) is 20.4 Å². The highest BCUT2D eigenvalue weighted by atomic mass is 19.1. The molecule has 4 N–H and O–H groups in total. The lowest BCUT2D eigenvalue weighted by Gasteiger charge is -2.05. The zero-order valence-electron chi connectivity index (χ0n) is 13.5. The third kappa shape index (κ3) is 5.90. The number of rotatable bonds is 6. The van der Waals surface area contributed by atoms with Crippen LogP contribution >= 0.6 is 0 Å². The van der Waals surface area contributed by atoms with Gasteiger partial charge in [-0.05, 0) is 42.2 Å². The van der Waals surface area contributed by atoms with Gasteiger partial charge in [-0.2, -0.15) is 0 Å². The van der Waals surface area contributed by atoms with Gasteiger partial charge in [-0.15, -0.1) is 0 Å². The molecule has 0 aromatic heterocycles. The summed E-state index contributed by atoms with van der Waals surface area (Å²) in [7, 11) is 0. The van der Waals surface area contributed by atoms with Crippen LogP contribution in [0.1, 0.15) is 27.0 Å². The molecule has 0 spiro atoms. The van der Waals surface area contributed by atoms with Crippen molar-refractivity contribution in [1.82, 2.24) is 0 Å². The first-order chi connectivity index (χ1) is 12.0. The van der Waals surface area contributed by atoms with E-state index in [2.05, 4.69) is 0 Å². The number of halogens is 2. The minimum Gasteiger partial charge on any atom is -0.478 e. The Labute approximate surface area is 143 Å². The number of hydrogen-bond acceptors (Lipinski definition) is 4. The van der Waals surface area contributed by atoms with Gasteiger partial charge in [0.15, 0.2) is 0 Å². The summed E-state index contributed by atoms with van der Waals surface area (Å²) in [5, 5.41) is 34.7. The van der Waals surface area contributed by atoms with Crippen LogP contribution in [0.3, 0.4) is 0 Å². The van der Waals surface area contributed by atoms with Gasteiger partial charge >= 0.3 is 5.97 Å². The van der Waals surface area contributed by atoms with Gasteiger partial charge in [0.25, 0.3) is 0 Å². The molecule has 136 valence electrons. The fourth-order valence-electron chi connectivity index (χ4n) is 2.27. The van der Waals surface area contributed by atoms with Gasteiger partial charge < -0.3 is 20.4 Å². The molecule has 7 heteroatoms. The summed E-state index contributed by atoms with van der Waals surface area (Å²) in [5.41, 5.74) is 0.915. The van der Waals surface area contributed by atoms with Crippen LogP contribution in [-0.2, 0) is 19.4 Å². The molecule has 5 nitrogen and oxygen atoms in total. The monoisotopic (exact) mass is 354 g/mol. The first-order valence-electron chi connectivity index (χ1n) is 7.55. The third-order valence-corrected chi connectivity index (χ3v) is 3.46. The molecule has 0 heterocycles. The lowest BCUT2D eigenvalue weighted by molar-refractivity contribution is 0.0694. The van der Waals surface area contributed by atoms with Crippen LogP contribution in [0.4, 0.5) is 8.78 Å². The van der Waals surface area contributed by atoms with E-state index in [9.17, 15) is 13.6 Å². The number of carbonyl (C=O) groups is 1. The van der Waals surface area contributed by atoms with Crippen LogP contribution < -0.4 is 0 Å². The highest BCUT2D eigenvalue weighted by Crippen LogP contribution is 2.14. The lowest BCUT2D eigenvalue weighted by atomic mass is 10.0. The van der Waals surface area contributed by atoms with Gasteiger partial charge in [0.2, 0.25) is 0 Å². The molecule has 25 heavy (non-hydrogen) atoms. The quantitative estimate of drug-likeness (QED) is 0.635. The summed E-state index contributed by atoms with van der Waals surface area (Å²) >= 11 is 0. The van der Waals surface area contributed by atoms with E-state index in [-0.39, 0.29) is 49.6 Å². The molecule has 0 bridgehead atoms. The molecule has 0 saturated heterocycles. The first-order valence-corrected chi connectivity index (χ1v) is 7.55. The number of aliphatic hydroxyl groups excluding tert-OH is 3. The van der Waals surface area contributed by atoms with Crippen molar-refractivity contribution in [2.24, 2.45) is 0 Å². The predicted molar refractivity (Wildman–Crippen MR) is 87.3 cm³/mol. The Morgan fingerprint density at radius 1 is 0.840 bits per heavy atom. The van der Waals surface area contributed by atoms with Gasteiger partial charge in [-0.25, -0.2) is 13.6 Å². The normalized spacial score (nSPS) is 10.1. The number of benzene rings is 2. The van der Waals surface area contributed by atoms with E-state index in [0.29, 0.717) is 11.1 Å². The van der Waals surface area contributed by atoms with Crippen molar-refractivity contribution in [2.75, 3.05) is 13.2 Å². The fourth-order valence-corrected chi connectivity index (χ4v) is 2.27. The van der Waals surface area contributed by atoms with E-state index >= 15 is 0 Å². The van der Waals surface area contributed by atoms with Gasteiger partial charge in [0.05, 0.1) is 12.2 Å². The van der Waals surface area contributed by atoms with E-state index in [1.54, 1.807) is 12.1 Å². The Hall–Kier alpha value is -2.35. The largest absolute Gasteiger partial charge is 0.478 e. The van der Waals surface area contributed by atoms with Gasteiger partial charge in [-0.1, -0.05) is 18.2 Å². The number of hydrogen-bond donors (Lipinski definition) is 4. The maximum Gasteiger partial charge on any atom is 0.336 e. The lowest BCUT2D eigenvalue weighted by Crippen LogP contribution is -2.06. The summed E-state index contributed by atoms with van der Waals surface area (Å²) in [6.07, 6.45) is 0.275. The second kappa shape index (κ2) is 10.5. The summed E-state index contributed by atoms with van der Waals surface area (Å²) in [6, 6.07) is 8.34. The van der Waals surface area contributed by atoms with E-state index < -0.39 is 11.8 Å². The molecule has 0 aliphatic carbocycles. The molecule has 0 amide bonds. The predicted octanol–water partition coefficient (Wildman–Crippen LogP) is 1.91. The van der Waals surface area contributed by atoms with Crippen molar-refractivity contribution in [2.45, 2.75) is 19.4 Å². The third-order valence-electron chi connectivity index (χ3n) is 3.46. The van der Waals surface area contributed by atoms with Crippen molar-refractivity contribution < 1.29 is 34.0 Å². The standard InChI is InChI=1S/C9H9FO3.C9H11FO2/c10-8-3-1-2-7(9(12)13)6(8)4-5-11;10-9-3-1-2-7(6-12)8(9)4-5-11/h1-3,11H,4-5H2,(H,12,13);1-3,11-12H,4-6H2. The van der Waals surface area contributed by atoms with E-state index in [1.807, 2.05) is 0 Å². The fraction of sp³-hybridized carbons (Fsp3) is 0.278. The van der Waals surface area contributed by atoms with Crippen LogP contribution in [0, 0.1) is 11.6 Å². The summed E-state index contributed by atoms with van der Waals surface area (Å²) < 4.78 is 26.0. The van der Waals surface area contributed by atoms with Crippen molar-refractivity contribution >= 4 is 5.97 Å². The van der Waals surface area contributed by atoms with Crippen molar-refractivity contribution in [3.8, 4) is 0 Å². The topological polar surface area (TPSA) is 98.0 Å². The number of aliphatic hydroxyl groups is 3. The minimum absolute atomic E-state index is 0.0221. The summed E-state index contributed by atoms with van der Waals surface area (Å²) in [6.45, 7) is -0.553. The average molecular weight is 354 g/mol. The molecule has 0 atom stereocenters. The average Bonchev–Trinajstić information content (AvgIpc) is 2.59. The number of carboxylic acids is 1. The molecular formula is C18H20F2O5. The molecule has 0 aliphatic rings. The smallest absolute Gasteiger partial charge is 0.336 e.